The average Bonchev–Trinajstić information content (AvgIpc) is 3.19. The summed E-state index contributed by atoms with van der Waals surface area (Å²) >= 11 is 5.97. The first kappa shape index (κ1) is 22.2. The normalized spacial score (nSPS) is 14.4. The lowest BCUT2D eigenvalue weighted by Crippen LogP contribution is -2.48. The van der Waals surface area contributed by atoms with Crippen LogP contribution in [0.1, 0.15) is 27.4 Å². The highest BCUT2D eigenvalue weighted by atomic mass is 35.5. The monoisotopic (exact) mass is 455 g/mol. The van der Waals surface area contributed by atoms with Crippen molar-refractivity contribution in [3.05, 3.63) is 76.1 Å². The van der Waals surface area contributed by atoms with Gasteiger partial charge in [-0.3, -0.25) is 9.69 Å². The summed E-state index contributed by atoms with van der Waals surface area (Å²) < 4.78 is 16.3. The van der Waals surface area contributed by atoms with Crippen LogP contribution in [-0.2, 0) is 13.2 Å². The van der Waals surface area contributed by atoms with E-state index in [1.165, 1.54) is 5.56 Å². The molecule has 1 aromatic heterocycles. The van der Waals surface area contributed by atoms with Crippen molar-refractivity contribution in [1.82, 2.24) is 15.0 Å². The van der Waals surface area contributed by atoms with Crippen molar-refractivity contribution in [3.63, 3.8) is 0 Å². The molecule has 2 heterocycles. The fourth-order valence-electron chi connectivity index (χ4n) is 3.66. The van der Waals surface area contributed by atoms with Crippen LogP contribution in [0.5, 0.6) is 11.5 Å². The number of methoxy groups -OCH3 is 1. The van der Waals surface area contributed by atoms with Gasteiger partial charge < -0.3 is 18.9 Å². The highest BCUT2D eigenvalue weighted by Crippen LogP contribution is 2.22. The molecule has 0 unspecified atom stereocenters. The average molecular weight is 456 g/mol. The molecule has 1 saturated heterocycles. The van der Waals surface area contributed by atoms with Gasteiger partial charge in [0, 0.05) is 37.7 Å². The molecule has 0 atom stereocenters. The molecule has 4 rings (SSSR count). The Morgan fingerprint density at radius 2 is 1.69 bits per heavy atom. The summed E-state index contributed by atoms with van der Waals surface area (Å²) in [5, 5.41) is 4.77. The maximum Gasteiger partial charge on any atom is 0.276 e. The van der Waals surface area contributed by atoms with E-state index < -0.39 is 0 Å². The molecule has 8 heteroatoms. The molecule has 0 radical (unpaired) electrons. The van der Waals surface area contributed by atoms with E-state index in [0.29, 0.717) is 35.9 Å². The van der Waals surface area contributed by atoms with Crippen LogP contribution in [0.4, 0.5) is 0 Å². The standard InChI is InChI=1S/C24H26ClN3O4/c1-17-22(16-31-21-9-7-20(30-2)8-10-21)23(26-32-17)24(29)28-13-11-27(12-14-28)15-18-3-5-19(25)6-4-18/h3-10H,11-16H2,1-2H3. The van der Waals surface area contributed by atoms with Crippen LogP contribution in [0.2, 0.25) is 5.02 Å². The number of hydrogen-bond donors (Lipinski definition) is 0. The van der Waals surface area contributed by atoms with E-state index >= 15 is 0 Å². The second kappa shape index (κ2) is 10.1. The van der Waals surface area contributed by atoms with E-state index in [9.17, 15) is 4.79 Å². The minimum absolute atomic E-state index is 0.124. The molecule has 168 valence electrons. The number of carbonyl (C=O) groups is 1. The molecule has 1 aliphatic heterocycles. The van der Waals surface area contributed by atoms with Crippen molar-refractivity contribution in [2.24, 2.45) is 0 Å². The number of nitrogens with zero attached hydrogens (tertiary/aromatic N) is 3. The Bertz CT molecular complexity index is 1040. The Morgan fingerprint density at radius 1 is 1.03 bits per heavy atom. The third-order valence-electron chi connectivity index (χ3n) is 5.61. The zero-order valence-corrected chi connectivity index (χ0v) is 19.0. The summed E-state index contributed by atoms with van der Waals surface area (Å²) in [6, 6.07) is 15.2. The molecule has 1 aliphatic rings. The van der Waals surface area contributed by atoms with Crippen molar-refractivity contribution in [2.75, 3.05) is 33.3 Å². The van der Waals surface area contributed by atoms with E-state index in [1.807, 2.05) is 53.4 Å². The van der Waals surface area contributed by atoms with Crippen LogP contribution in [0, 0.1) is 6.92 Å². The van der Waals surface area contributed by atoms with Crippen LogP contribution in [0.25, 0.3) is 0 Å². The van der Waals surface area contributed by atoms with E-state index in [2.05, 4.69) is 10.1 Å². The third kappa shape index (κ3) is 5.23. The Morgan fingerprint density at radius 3 is 2.34 bits per heavy atom. The zero-order chi connectivity index (χ0) is 22.5. The number of halogens is 1. The zero-order valence-electron chi connectivity index (χ0n) is 18.2. The quantitative estimate of drug-likeness (QED) is 0.532. The van der Waals surface area contributed by atoms with Crippen molar-refractivity contribution >= 4 is 17.5 Å². The summed E-state index contributed by atoms with van der Waals surface area (Å²) in [4.78, 5) is 17.3. The number of benzene rings is 2. The predicted molar refractivity (Wildman–Crippen MR) is 121 cm³/mol. The number of ether oxygens (including phenoxy) is 2. The van der Waals surface area contributed by atoms with Gasteiger partial charge >= 0.3 is 0 Å². The summed E-state index contributed by atoms with van der Waals surface area (Å²) in [6.07, 6.45) is 0. The Labute approximate surface area is 192 Å². The molecule has 0 bridgehead atoms. The lowest BCUT2D eigenvalue weighted by molar-refractivity contribution is 0.0616. The van der Waals surface area contributed by atoms with Gasteiger partial charge in [-0.15, -0.1) is 0 Å². The van der Waals surface area contributed by atoms with Gasteiger partial charge in [0.1, 0.15) is 23.9 Å². The molecule has 32 heavy (non-hydrogen) atoms. The smallest absolute Gasteiger partial charge is 0.276 e. The third-order valence-corrected chi connectivity index (χ3v) is 5.86. The van der Waals surface area contributed by atoms with Crippen LogP contribution in [0.15, 0.2) is 53.1 Å². The maximum absolute atomic E-state index is 13.1. The molecule has 0 N–H and O–H groups in total. The second-order valence-electron chi connectivity index (χ2n) is 7.72. The first-order valence-corrected chi connectivity index (χ1v) is 10.9. The fourth-order valence-corrected chi connectivity index (χ4v) is 3.79. The molecular weight excluding hydrogens is 430 g/mol. The number of aryl methyl sites for hydroxylation is 1. The minimum atomic E-state index is -0.124. The highest BCUT2D eigenvalue weighted by Gasteiger charge is 2.28. The summed E-state index contributed by atoms with van der Waals surface area (Å²) in [5.74, 6) is 1.90. The van der Waals surface area contributed by atoms with Crippen LogP contribution >= 0.6 is 11.6 Å². The molecule has 0 saturated carbocycles. The van der Waals surface area contributed by atoms with Gasteiger partial charge in [0.25, 0.3) is 5.91 Å². The van der Waals surface area contributed by atoms with Gasteiger partial charge in [-0.2, -0.15) is 0 Å². The first-order valence-electron chi connectivity index (χ1n) is 10.5. The number of rotatable bonds is 7. The summed E-state index contributed by atoms with van der Waals surface area (Å²) in [6.45, 7) is 5.70. The SMILES string of the molecule is COc1ccc(OCc2c(C(=O)N3CCN(Cc4ccc(Cl)cc4)CC3)noc2C)cc1. The largest absolute Gasteiger partial charge is 0.497 e. The topological polar surface area (TPSA) is 68.0 Å². The van der Waals surface area contributed by atoms with Gasteiger partial charge in [0.05, 0.1) is 12.7 Å². The molecule has 1 amide bonds. The molecule has 3 aromatic rings. The number of amides is 1. The molecular formula is C24H26ClN3O4. The van der Waals surface area contributed by atoms with Crippen molar-refractivity contribution in [2.45, 2.75) is 20.1 Å². The Kier molecular flexibility index (Phi) is 6.97. The van der Waals surface area contributed by atoms with Gasteiger partial charge in [-0.1, -0.05) is 28.9 Å². The molecule has 1 fully saturated rings. The Balaban J connectivity index is 1.35. The molecule has 0 aliphatic carbocycles. The van der Waals surface area contributed by atoms with Gasteiger partial charge in [0.2, 0.25) is 0 Å². The van der Waals surface area contributed by atoms with E-state index in [4.69, 9.17) is 25.6 Å². The molecule has 2 aromatic carbocycles. The van der Waals surface area contributed by atoms with Gasteiger partial charge in [-0.25, -0.2) is 0 Å². The van der Waals surface area contributed by atoms with Gasteiger partial charge in [-0.05, 0) is 48.9 Å². The highest BCUT2D eigenvalue weighted by molar-refractivity contribution is 6.30. The van der Waals surface area contributed by atoms with Crippen molar-refractivity contribution in [1.29, 1.82) is 0 Å². The fraction of sp³-hybridized carbons (Fsp3) is 0.333. The number of carbonyl (C=O) groups excluding carboxylic acids is 1. The number of piperazine rings is 1. The maximum atomic E-state index is 13.1. The van der Waals surface area contributed by atoms with Crippen LogP contribution in [0.3, 0.4) is 0 Å². The lowest BCUT2D eigenvalue weighted by atomic mass is 10.1. The second-order valence-corrected chi connectivity index (χ2v) is 8.16. The summed E-state index contributed by atoms with van der Waals surface area (Å²) in [5.41, 5.74) is 2.20. The number of aromatic nitrogens is 1. The molecule has 7 nitrogen and oxygen atoms in total. The molecule has 0 spiro atoms. The van der Waals surface area contributed by atoms with E-state index in [0.717, 1.165) is 30.4 Å². The van der Waals surface area contributed by atoms with Crippen LogP contribution < -0.4 is 9.47 Å². The van der Waals surface area contributed by atoms with E-state index in [-0.39, 0.29) is 12.5 Å². The number of hydrogen-bond acceptors (Lipinski definition) is 6. The predicted octanol–water partition coefficient (Wildman–Crippen LogP) is 4.18. The summed E-state index contributed by atoms with van der Waals surface area (Å²) in [7, 11) is 1.62. The van der Waals surface area contributed by atoms with Crippen molar-refractivity contribution < 1.29 is 18.8 Å². The van der Waals surface area contributed by atoms with Crippen LogP contribution in [-0.4, -0.2) is 54.2 Å². The van der Waals surface area contributed by atoms with Crippen molar-refractivity contribution in [3.8, 4) is 11.5 Å². The van der Waals surface area contributed by atoms with Gasteiger partial charge in [0.15, 0.2) is 5.69 Å². The lowest BCUT2D eigenvalue weighted by Gasteiger charge is -2.34. The Hall–Kier alpha value is -3.03. The first-order chi connectivity index (χ1) is 15.5. The van der Waals surface area contributed by atoms with E-state index in [1.54, 1.807) is 14.0 Å². The minimum Gasteiger partial charge on any atom is -0.497 e.